The highest BCUT2D eigenvalue weighted by atomic mass is 16.1. The Morgan fingerprint density at radius 1 is 1.05 bits per heavy atom. The van der Waals surface area contributed by atoms with Crippen LogP contribution in [0, 0.1) is 5.92 Å². The Morgan fingerprint density at radius 3 is 2.71 bits per heavy atom. The number of carbonyl (C=O) groups is 2. The predicted octanol–water partition coefficient (Wildman–Crippen LogP) is 4.56. The van der Waals surface area contributed by atoms with E-state index in [-0.39, 0.29) is 11.7 Å². The fourth-order valence-corrected chi connectivity index (χ4v) is 3.27. The molecule has 2 aromatic carbocycles. The summed E-state index contributed by atoms with van der Waals surface area (Å²) in [5.74, 6) is 0.620. The zero-order chi connectivity index (χ0) is 14.7. The van der Waals surface area contributed by atoms with Crippen molar-refractivity contribution in [3.05, 3.63) is 48.0 Å². The lowest BCUT2D eigenvalue weighted by atomic mass is 9.84. The van der Waals surface area contributed by atoms with Crippen LogP contribution in [0.15, 0.2) is 42.5 Å². The highest BCUT2D eigenvalue weighted by molar-refractivity contribution is 6.08. The van der Waals surface area contributed by atoms with E-state index in [0.717, 1.165) is 35.6 Å². The Balaban J connectivity index is 1.74. The summed E-state index contributed by atoms with van der Waals surface area (Å²) in [6.45, 7) is 0. The third-order valence-corrected chi connectivity index (χ3v) is 4.49. The van der Waals surface area contributed by atoms with Crippen molar-refractivity contribution in [3.8, 4) is 0 Å². The van der Waals surface area contributed by atoms with Crippen LogP contribution >= 0.6 is 0 Å². The normalized spacial score (nSPS) is 18.9. The molecule has 1 fully saturated rings. The van der Waals surface area contributed by atoms with Crippen LogP contribution in [0.4, 0.5) is 0 Å². The number of carbonyl (C=O) groups excluding carboxylic acids is 2. The Morgan fingerprint density at radius 2 is 1.86 bits per heavy atom. The quantitative estimate of drug-likeness (QED) is 0.769. The van der Waals surface area contributed by atoms with Crippen molar-refractivity contribution in [2.24, 2.45) is 5.92 Å². The molecule has 2 heteroatoms. The van der Waals surface area contributed by atoms with Crippen LogP contribution in [0.2, 0.25) is 0 Å². The van der Waals surface area contributed by atoms with Crippen LogP contribution < -0.4 is 0 Å². The van der Waals surface area contributed by atoms with Gasteiger partial charge in [0.15, 0.2) is 5.78 Å². The highest BCUT2D eigenvalue weighted by Gasteiger charge is 2.23. The van der Waals surface area contributed by atoms with Crippen LogP contribution in [-0.2, 0) is 4.79 Å². The second-order valence-corrected chi connectivity index (χ2v) is 5.90. The van der Waals surface area contributed by atoms with Gasteiger partial charge in [0, 0.05) is 24.3 Å². The molecule has 1 saturated carbocycles. The third-order valence-electron chi connectivity index (χ3n) is 4.49. The first kappa shape index (κ1) is 14.0. The van der Waals surface area contributed by atoms with Gasteiger partial charge < -0.3 is 0 Å². The van der Waals surface area contributed by atoms with E-state index in [2.05, 4.69) is 0 Å². The molecule has 2 aromatic rings. The minimum atomic E-state index is 0.109. The molecule has 0 radical (unpaired) electrons. The maximum Gasteiger partial charge on any atom is 0.163 e. The summed E-state index contributed by atoms with van der Waals surface area (Å²) in [7, 11) is 0. The Labute approximate surface area is 125 Å². The van der Waals surface area contributed by atoms with Gasteiger partial charge in [-0.05, 0) is 30.0 Å². The monoisotopic (exact) mass is 280 g/mol. The van der Waals surface area contributed by atoms with Crippen molar-refractivity contribution in [2.45, 2.75) is 38.5 Å². The van der Waals surface area contributed by atoms with Gasteiger partial charge in [0.1, 0.15) is 5.78 Å². The summed E-state index contributed by atoms with van der Waals surface area (Å²) < 4.78 is 0. The first-order valence-electron chi connectivity index (χ1n) is 7.79. The summed E-state index contributed by atoms with van der Waals surface area (Å²) in [6, 6.07) is 13.8. The molecule has 0 saturated heterocycles. The van der Waals surface area contributed by atoms with Crippen molar-refractivity contribution >= 4 is 22.3 Å². The third kappa shape index (κ3) is 3.05. The van der Waals surface area contributed by atoms with Gasteiger partial charge in [-0.1, -0.05) is 48.9 Å². The maximum absolute atomic E-state index is 12.5. The smallest absolute Gasteiger partial charge is 0.163 e. The lowest BCUT2D eigenvalue weighted by molar-refractivity contribution is -0.124. The standard InChI is InChI=1S/C19H20O2/c20-18-11-4-2-7-15(18)12-13-19(21)17-10-5-8-14-6-1-3-9-16(14)17/h1,3,5-6,8-10,15H,2,4,7,11-13H2. The van der Waals surface area contributed by atoms with Crippen LogP contribution in [0.3, 0.4) is 0 Å². The molecule has 1 atom stereocenters. The van der Waals surface area contributed by atoms with E-state index < -0.39 is 0 Å². The van der Waals surface area contributed by atoms with Gasteiger partial charge in [0.2, 0.25) is 0 Å². The number of benzene rings is 2. The average molecular weight is 280 g/mol. The molecule has 108 valence electrons. The molecule has 1 aliphatic rings. The molecule has 1 unspecified atom stereocenters. The molecule has 0 bridgehead atoms. The molecule has 0 heterocycles. The van der Waals surface area contributed by atoms with Crippen LogP contribution in [0.25, 0.3) is 10.8 Å². The van der Waals surface area contributed by atoms with E-state index in [9.17, 15) is 9.59 Å². The second kappa shape index (κ2) is 6.21. The summed E-state index contributed by atoms with van der Waals surface area (Å²) in [5.41, 5.74) is 0.788. The van der Waals surface area contributed by atoms with Crippen LogP contribution in [0.5, 0.6) is 0 Å². The largest absolute Gasteiger partial charge is 0.299 e. The highest BCUT2D eigenvalue weighted by Crippen LogP contribution is 2.26. The first-order valence-corrected chi connectivity index (χ1v) is 7.79. The lowest BCUT2D eigenvalue weighted by Crippen LogP contribution is -2.19. The van der Waals surface area contributed by atoms with Crippen molar-refractivity contribution in [1.29, 1.82) is 0 Å². The summed E-state index contributed by atoms with van der Waals surface area (Å²) in [6.07, 6.45) is 4.99. The molecule has 0 amide bonds. The van der Waals surface area contributed by atoms with Crippen molar-refractivity contribution < 1.29 is 9.59 Å². The molecule has 1 aliphatic carbocycles. The number of Topliss-reactive ketones (excluding diaryl/α,β-unsaturated/α-hetero) is 2. The fourth-order valence-electron chi connectivity index (χ4n) is 3.27. The summed E-state index contributed by atoms with van der Waals surface area (Å²) >= 11 is 0. The molecule has 2 nitrogen and oxygen atoms in total. The molecule has 3 rings (SSSR count). The van der Waals surface area contributed by atoms with E-state index in [0.29, 0.717) is 25.0 Å². The minimum absolute atomic E-state index is 0.109. The van der Waals surface area contributed by atoms with E-state index in [1.54, 1.807) is 0 Å². The molecule has 0 spiro atoms. The second-order valence-electron chi connectivity index (χ2n) is 5.90. The number of rotatable bonds is 4. The molecule has 0 aliphatic heterocycles. The average Bonchev–Trinajstić information content (AvgIpc) is 2.53. The maximum atomic E-state index is 12.5. The van der Waals surface area contributed by atoms with Crippen molar-refractivity contribution in [3.63, 3.8) is 0 Å². The molecule has 21 heavy (non-hydrogen) atoms. The van der Waals surface area contributed by atoms with E-state index in [4.69, 9.17) is 0 Å². The van der Waals surface area contributed by atoms with Crippen LogP contribution in [0.1, 0.15) is 48.9 Å². The summed E-state index contributed by atoms with van der Waals surface area (Å²) in [4.78, 5) is 24.3. The topological polar surface area (TPSA) is 34.1 Å². The van der Waals surface area contributed by atoms with Gasteiger partial charge in [-0.3, -0.25) is 9.59 Å². The SMILES string of the molecule is O=C(CCC1CCCCC1=O)c1cccc2ccccc12. The van der Waals surface area contributed by atoms with Gasteiger partial charge in [-0.25, -0.2) is 0 Å². The lowest BCUT2D eigenvalue weighted by Gasteiger charge is -2.19. The van der Waals surface area contributed by atoms with Gasteiger partial charge in [-0.2, -0.15) is 0 Å². The van der Waals surface area contributed by atoms with E-state index >= 15 is 0 Å². The molecular weight excluding hydrogens is 260 g/mol. The number of fused-ring (bicyclic) bond motifs is 1. The number of hydrogen-bond donors (Lipinski definition) is 0. The summed E-state index contributed by atoms with van der Waals surface area (Å²) in [5, 5.41) is 2.11. The van der Waals surface area contributed by atoms with Crippen molar-refractivity contribution in [2.75, 3.05) is 0 Å². The predicted molar refractivity (Wildman–Crippen MR) is 84.5 cm³/mol. The Kier molecular flexibility index (Phi) is 4.14. The van der Waals surface area contributed by atoms with Gasteiger partial charge in [-0.15, -0.1) is 0 Å². The zero-order valence-corrected chi connectivity index (χ0v) is 12.2. The first-order chi connectivity index (χ1) is 10.3. The fraction of sp³-hybridized carbons (Fsp3) is 0.368. The Hall–Kier alpha value is -1.96. The molecule has 0 aromatic heterocycles. The van der Waals surface area contributed by atoms with E-state index in [1.165, 1.54) is 0 Å². The van der Waals surface area contributed by atoms with Gasteiger partial charge in [0.05, 0.1) is 0 Å². The number of hydrogen-bond acceptors (Lipinski definition) is 2. The molecular formula is C19H20O2. The van der Waals surface area contributed by atoms with Crippen molar-refractivity contribution in [1.82, 2.24) is 0 Å². The van der Waals surface area contributed by atoms with Gasteiger partial charge >= 0.3 is 0 Å². The number of ketones is 2. The van der Waals surface area contributed by atoms with Gasteiger partial charge in [0.25, 0.3) is 0 Å². The zero-order valence-electron chi connectivity index (χ0n) is 12.2. The van der Waals surface area contributed by atoms with E-state index in [1.807, 2.05) is 42.5 Å². The minimum Gasteiger partial charge on any atom is -0.299 e. The van der Waals surface area contributed by atoms with Crippen LogP contribution in [-0.4, -0.2) is 11.6 Å². The molecule has 0 N–H and O–H groups in total. The Bertz CT molecular complexity index is 667.